The summed E-state index contributed by atoms with van der Waals surface area (Å²) in [5, 5.41) is 9.41. The van der Waals surface area contributed by atoms with Crippen molar-refractivity contribution in [3.05, 3.63) is 84.5 Å². The maximum atomic E-state index is 13.0. The van der Waals surface area contributed by atoms with Crippen molar-refractivity contribution in [3.8, 4) is 5.75 Å². The van der Waals surface area contributed by atoms with Crippen LogP contribution >= 0.6 is 11.8 Å². The highest BCUT2D eigenvalue weighted by atomic mass is 32.2. The smallest absolute Gasteiger partial charge is 0.191 e. The van der Waals surface area contributed by atoms with Crippen LogP contribution in [0.5, 0.6) is 5.75 Å². The van der Waals surface area contributed by atoms with Gasteiger partial charge in [-0.25, -0.2) is 4.39 Å². The summed E-state index contributed by atoms with van der Waals surface area (Å²) in [4.78, 5) is 0. The Morgan fingerprint density at radius 3 is 2.58 bits per heavy atom. The number of ether oxygens (including phenoxy) is 1. The van der Waals surface area contributed by atoms with Crippen molar-refractivity contribution in [2.24, 2.45) is 0 Å². The molecule has 0 aliphatic heterocycles. The standard InChI is InChI=1S/C20H20FN3OS/c1-3-13-24-19(15(2)25-18-7-5-4-6-8-18)22-23-20(24)26-14-16-9-11-17(21)12-10-16/h3-12,15H,1,13-14H2,2H3/t15-/m0/s1. The molecule has 1 heterocycles. The lowest BCUT2D eigenvalue weighted by Gasteiger charge is -2.15. The molecule has 0 amide bonds. The molecule has 0 saturated carbocycles. The second kappa shape index (κ2) is 8.67. The Morgan fingerprint density at radius 2 is 1.88 bits per heavy atom. The molecule has 3 rings (SSSR count). The lowest BCUT2D eigenvalue weighted by molar-refractivity contribution is 0.210. The van der Waals surface area contributed by atoms with Crippen molar-refractivity contribution in [2.75, 3.05) is 0 Å². The Balaban J connectivity index is 1.74. The normalized spacial score (nSPS) is 11.9. The van der Waals surface area contributed by atoms with Gasteiger partial charge in [0.2, 0.25) is 0 Å². The average molecular weight is 369 g/mol. The molecule has 0 spiro atoms. The highest BCUT2D eigenvalue weighted by Crippen LogP contribution is 2.26. The Morgan fingerprint density at radius 1 is 1.15 bits per heavy atom. The fourth-order valence-corrected chi connectivity index (χ4v) is 3.40. The summed E-state index contributed by atoms with van der Waals surface area (Å²) < 4.78 is 21.0. The number of para-hydroxylation sites is 1. The zero-order valence-electron chi connectivity index (χ0n) is 14.5. The van der Waals surface area contributed by atoms with Gasteiger partial charge in [0.1, 0.15) is 11.6 Å². The minimum absolute atomic E-state index is 0.234. The highest BCUT2D eigenvalue weighted by molar-refractivity contribution is 7.98. The third-order valence-corrected chi connectivity index (χ3v) is 4.80. The Labute approximate surface area is 156 Å². The Hall–Kier alpha value is -2.60. The van der Waals surface area contributed by atoms with Crippen molar-refractivity contribution >= 4 is 11.8 Å². The van der Waals surface area contributed by atoms with Gasteiger partial charge in [0.05, 0.1) is 0 Å². The van der Waals surface area contributed by atoms with Crippen molar-refractivity contribution in [1.29, 1.82) is 0 Å². The van der Waals surface area contributed by atoms with Crippen LogP contribution in [0, 0.1) is 5.82 Å². The molecule has 3 aromatic rings. The van der Waals surface area contributed by atoms with E-state index in [-0.39, 0.29) is 11.9 Å². The van der Waals surface area contributed by atoms with Crippen LogP contribution in [-0.2, 0) is 12.3 Å². The SMILES string of the molecule is C=CCn1c(SCc2ccc(F)cc2)nnc1[C@H](C)Oc1ccccc1. The van der Waals surface area contributed by atoms with E-state index in [1.807, 2.05) is 47.9 Å². The van der Waals surface area contributed by atoms with Gasteiger partial charge in [0, 0.05) is 12.3 Å². The van der Waals surface area contributed by atoms with Gasteiger partial charge < -0.3 is 4.74 Å². The molecule has 26 heavy (non-hydrogen) atoms. The van der Waals surface area contributed by atoms with Gasteiger partial charge in [-0.3, -0.25) is 4.57 Å². The Bertz CT molecular complexity index is 849. The first-order valence-corrected chi connectivity index (χ1v) is 9.29. The molecule has 0 aliphatic rings. The van der Waals surface area contributed by atoms with Crippen LogP contribution in [0.3, 0.4) is 0 Å². The quantitative estimate of drug-likeness (QED) is 0.412. The lowest BCUT2D eigenvalue weighted by Crippen LogP contribution is -2.12. The van der Waals surface area contributed by atoms with Gasteiger partial charge in [-0.15, -0.1) is 16.8 Å². The highest BCUT2D eigenvalue weighted by Gasteiger charge is 2.19. The molecule has 6 heteroatoms. The van der Waals surface area contributed by atoms with E-state index in [9.17, 15) is 4.39 Å². The minimum atomic E-state index is -0.245. The van der Waals surface area contributed by atoms with Gasteiger partial charge in [-0.05, 0) is 36.8 Å². The lowest BCUT2D eigenvalue weighted by atomic mass is 10.2. The van der Waals surface area contributed by atoms with E-state index in [0.29, 0.717) is 12.3 Å². The number of benzene rings is 2. The van der Waals surface area contributed by atoms with E-state index in [4.69, 9.17) is 4.74 Å². The van der Waals surface area contributed by atoms with E-state index in [1.54, 1.807) is 23.9 Å². The predicted molar refractivity (Wildman–Crippen MR) is 102 cm³/mol. The fourth-order valence-electron chi connectivity index (χ4n) is 2.49. The Kier molecular flexibility index (Phi) is 6.07. The van der Waals surface area contributed by atoms with Crippen molar-refractivity contribution < 1.29 is 9.13 Å². The van der Waals surface area contributed by atoms with E-state index in [0.717, 1.165) is 22.3 Å². The molecule has 134 valence electrons. The molecule has 0 radical (unpaired) electrons. The van der Waals surface area contributed by atoms with E-state index < -0.39 is 0 Å². The van der Waals surface area contributed by atoms with Crippen LogP contribution in [-0.4, -0.2) is 14.8 Å². The number of hydrogen-bond acceptors (Lipinski definition) is 4. The zero-order valence-corrected chi connectivity index (χ0v) is 15.3. The molecular formula is C20H20FN3OS. The first-order chi connectivity index (χ1) is 12.7. The number of nitrogens with zero attached hydrogens (tertiary/aromatic N) is 3. The summed E-state index contributed by atoms with van der Waals surface area (Å²) in [5.74, 6) is 1.98. The predicted octanol–water partition coefficient (Wildman–Crippen LogP) is 5.04. The maximum Gasteiger partial charge on any atom is 0.191 e. The van der Waals surface area contributed by atoms with Crippen molar-refractivity contribution in [2.45, 2.75) is 30.5 Å². The summed E-state index contributed by atoms with van der Waals surface area (Å²) in [5.41, 5.74) is 1.03. The van der Waals surface area contributed by atoms with Crippen LogP contribution in [0.2, 0.25) is 0 Å². The van der Waals surface area contributed by atoms with E-state index in [1.165, 1.54) is 12.1 Å². The zero-order chi connectivity index (χ0) is 18.4. The van der Waals surface area contributed by atoms with Gasteiger partial charge in [0.15, 0.2) is 17.1 Å². The second-order valence-corrected chi connectivity index (χ2v) is 6.67. The molecule has 0 unspecified atom stereocenters. The van der Waals surface area contributed by atoms with Crippen molar-refractivity contribution in [3.63, 3.8) is 0 Å². The van der Waals surface area contributed by atoms with Crippen LogP contribution < -0.4 is 4.74 Å². The summed E-state index contributed by atoms with van der Waals surface area (Å²) in [7, 11) is 0. The third-order valence-electron chi connectivity index (χ3n) is 3.76. The number of aromatic nitrogens is 3. The van der Waals surface area contributed by atoms with Gasteiger partial charge in [-0.1, -0.05) is 48.2 Å². The first-order valence-electron chi connectivity index (χ1n) is 8.30. The molecule has 0 fully saturated rings. The molecule has 0 bridgehead atoms. The molecule has 1 atom stereocenters. The summed E-state index contributed by atoms with van der Waals surface area (Å²) in [6.45, 7) is 6.36. The number of halogens is 1. The average Bonchev–Trinajstić information content (AvgIpc) is 3.05. The van der Waals surface area contributed by atoms with Crippen LogP contribution in [0.15, 0.2) is 72.4 Å². The van der Waals surface area contributed by atoms with Gasteiger partial charge in [0.25, 0.3) is 0 Å². The number of rotatable bonds is 8. The summed E-state index contributed by atoms with van der Waals surface area (Å²) in [6.07, 6.45) is 1.56. The number of hydrogen-bond donors (Lipinski definition) is 0. The van der Waals surface area contributed by atoms with Gasteiger partial charge >= 0.3 is 0 Å². The molecule has 0 aliphatic carbocycles. The largest absolute Gasteiger partial charge is 0.483 e. The van der Waals surface area contributed by atoms with E-state index >= 15 is 0 Å². The van der Waals surface area contributed by atoms with Crippen LogP contribution in [0.25, 0.3) is 0 Å². The monoisotopic (exact) mass is 369 g/mol. The molecule has 0 saturated heterocycles. The van der Waals surface area contributed by atoms with E-state index in [2.05, 4.69) is 16.8 Å². The number of thioether (sulfide) groups is 1. The summed E-state index contributed by atoms with van der Waals surface area (Å²) >= 11 is 1.55. The van der Waals surface area contributed by atoms with Crippen molar-refractivity contribution in [1.82, 2.24) is 14.8 Å². The number of allylic oxidation sites excluding steroid dienone is 1. The second-order valence-electron chi connectivity index (χ2n) is 5.73. The molecular weight excluding hydrogens is 349 g/mol. The van der Waals surface area contributed by atoms with Gasteiger partial charge in [-0.2, -0.15) is 0 Å². The minimum Gasteiger partial charge on any atom is -0.483 e. The molecule has 2 aromatic carbocycles. The topological polar surface area (TPSA) is 39.9 Å². The molecule has 4 nitrogen and oxygen atoms in total. The first kappa shape index (κ1) is 18.2. The van der Waals surface area contributed by atoms with Crippen LogP contribution in [0.1, 0.15) is 24.4 Å². The fraction of sp³-hybridized carbons (Fsp3) is 0.200. The maximum absolute atomic E-state index is 13.0. The third kappa shape index (κ3) is 4.52. The summed E-state index contributed by atoms with van der Waals surface area (Å²) in [6, 6.07) is 16.1. The van der Waals surface area contributed by atoms with Crippen LogP contribution in [0.4, 0.5) is 4.39 Å². The molecule has 1 aromatic heterocycles. The molecule has 0 N–H and O–H groups in total.